The Hall–Kier alpha value is 0. The fourth-order valence-electron chi connectivity index (χ4n) is 3.15. The summed E-state index contributed by atoms with van der Waals surface area (Å²) >= 11 is 0. The van der Waals surface area contributed by atoms with Crippen LogP contribution in [0.5, 0.6) is 0 Å². The topological polar surface area (TPSA) is 0 Å². The van der Waals surface area contributed by atoms with Crippen molar-refractivity contribution in [3.8, 4) is 0 Å². The zero-order valence-electron chi connectivity index (χ0n) is 7.52. The molecule has 0 aliphatic heterocycles. The maximum atomic E-state index is 2.47. The van der Waals surface area contributed by atoms with E-state index in [1.54, 1.807) is 0 Å². The molecule has 2 aliphatic carbocycles. The highest BCUT2D eigenvalue weighted by atomic mass is 14.7. The summed E-state index contributed by atoms with van der Waals surface area (Å²) in [7, 11) is 0. The normalized spacial score (nSPS) is 66.0. The summed E-state index contributed by atoms with van der Waals surface area (Å²) < 4.78 is 0. The summed E-state index contributed by atoms with van der Waals surface area (Å²) in [6.45, 7) is 9.77. The van der Waals surface area contributed by atoms with Crippen LogP contribution in [0.3, 0.4) is 0 Å². The Kier molecular flexibility index (Phi) is 1.07. The van der Waals surface area contributed by atoms with Crippen molar-refractivity contribution in [3.63, 3.8) is 0 Å². The van der Waals surface area contributed by atoms with E-state index in [0.29, 0.717) is 0 Å². The number of hydrogen-bond donors (Lipinski definition) is 0. The third-order valence-corrected chi connectivity index (χ3v) is 4.64. The van der Waals surface area contributed by atoms with E-state index >= 15 is 0 Å². The summed E-state index contributed by atoms with van der Waals surface area (Å²) in [5.41, 5.74) is 0.763. The molecule has 2 saturated carbocycles. The zero-order valence-corrected chi connectivity index (χ0v) is 7.52. The van der Waals surface area contributed by atoms with E-state index < -0.39 is 0 Å². The first-order valence-corrected chi connectivity index (χ1v) is 4.57. The number of fused-ring (bicyclic) bond motifs is 1. The molecule has 0 spiro atoms. The van der Waals surface area contributed by atoms with Crippen LogP contribution in [-0.4, -0.2) is 0 Å². The summed E-state index contributed by atoms with van der Waals surface area (Å²) in [5.74, 6) is 4.04. The molecule has 0 amide bonds. The average molecular weight is 138 g/mol. The molecule has 3 unspecified atom stereocenters. The van der Waals surface area contributed by atoms with Crippen molar-refractivity contribution in [1.82, 2.24) is 0 Å². The van der Waals surface area contributed by atoms with Gasteiger partial charge in [-0.25, -0.2) is 0 Å². The van der Waals surface area contributed by atoms with Gasteiger partial charge in [0.15, 0.2) is 0 Å². The van der Waals surface area contributed by atoms with E-state index in [4.69, 9.17) is 0 Å². The molecule has 0 N–H and O–H groups in total. The Morgan fingerprint density at radius 3 is 1.90 bits per heavy atom. The molecule has 0 aromatic rings. The molecule has 2 fully saturated rings. The fraction of sp³-hybridized carbons (Fsp3) is 1.00. The van der Waals surface area contributed by atoms with Crippen LogP contribution in [0, 0.1) is 29.1 Å². The van der Waals surface area contributed by atoms with Gasteiger partial charge in [-0.05, 0) is 35.5 Å². The van der Waals surface area contributed by atoms with Crippen molar-refractivity contribution in [2.45, 2.75) is 34.1 Å². The van der Waals surface area contributed by atoms with Gasteiger partial charge >= 0.3 is 0 Å². The Bertz CT molecular complexity index is 157. The van der Waals surface area contributed by atoms with Crippen LogP contribution in [0.4, 0.5) is 0 Å². The third kappa shape index (κ3) is 0.538. The molecule has 0 heterocycles. The molecule has 58 valence electrons. The van der Waals surface area contributed by atoms with Gasteiger partial charge in [-0.1, -0.05) is 27.7 Å². The molecule has 0 aromatic carbocycles. The lowest BCUT2D eigenvalue weighted by Crippen LogP contribution is -2.14. The van der Waals surface area contributed by atoms with E-state index in [-0.39, 0.29) is 0 Å². The zero-order chi connectivity index (χ0) is 7.52. The van der Waals surface area contributed by atoms with Gasteiger partial charge in [-0.15, -0.1) is 0 Å². The Morgan fingerprint density at radius 2 is 1.70 bits per heavy atom. The van der Waals surface area contributed by atoms with Crippen molar-refractivity contribution in [2.24, 2.45) is 29.1 Å². The van der Waals surface area contributed by atoms with E-state index in [2.05, 4.69) is 27.7 Å². The molecule has 2 rings (SSSR count). The van der Waals surface area contributed by atoms with Gasteiger partial charge in [0.2, 0.25) is 0 Å². The first kappa shape index (κ1) is 6.69. The maximum Gasteiger partial charge on any atom is -0.0263 e. The van der Waals surface area contributed by atoms with Crippen molar-refractivity contribution in [2.75, 3.05) is 0 Å². The van der Waals surface area contributed by atoms with Gasteiger partial charge in [0.05, 0.1) is 0 Å². The van der Waals surface area contributed by atoms with Crippen LogP contribution in [0.25, 0.3) is 0 Å². The van der Waals surface area contributed by atoms with E-state index in [1.807, 2.05) is 0 Å². The molecule has 10 heavy (non-hydrogen) atoms. The second-order valence-electron chi connectivity index (χ2n) is 4.82. The second kappa shape index (κ2) is 1.60. The standard InChI is InChI=1S/C10H18/c1-6-7(2)9-5-10(9,4)8(6)3/h6-9H,5H2,1-4H3/t6-,7?,8?,9+,10?/m1/s1. The Labute approximate surface area is 64.0 Å². The van der Waals surface area contributed by atoms with Gasteiger partial charge in [-0.3, -0.25) is 0 Å². The van der Waals surface area contributed by atoms with Crippen LogP contribution in [0.1, 0.15) is 34.1 Å². The molecule has 0 heteroatoms. The van der Waals surface area contributed by atoms with Crippen LogP contribution in [0.2, 0.25) is 0 Å². The highest BCUT2D eigenvalue weighted by molar-refractivity contribution is 5.11. The summed E-state index contributed by atoms with van der Waals surface area (Å²) in [6, 6.07) is 0. The van der Waals surface area contributed by atoms with Crippen LogP contribution in [0.15, 0.2) is 0 Å². The Balaban J connectivity index is 2.23. The van der Waals surface area contributed by atoms with Crippen molar-refractivity contribution in [1.29, 1.82) is 0 Å². The van der Waals surface area contributed by atoms with Crippen LogP contribution in [-0.2, 0) is 0 Å². The Morgan fingerprint density at radius 1 is 1.10 bits per heavy atom. The molecular weight excluding hydrogens is 120 g/mol. The molecule has 2 aliphatic rings. The first-order chi connectivity index (χ1) is 4.57. The van der Waals surface area contributed by atoms with Crippen molar-refractivity contribution >= 4 is 0 Å². The molecule has 0 bridgehead atoms. The average Bonchev–Trinajstić information content (AvgIpc) is 2.54. The highest BCUT2D eigenvalue weighted by Crippen LogP contribution is 2.70. The van der Waals surface area contributed by atoms with E-state index in [9.17, 15) is 0 Å². The van der Waals surface area contributed by atoms with Crippen molar-refractivity contribution in [3.05, 3.63) is 0 Å². The quantitative estimate of drug-likeness (QED) is 0.483. The van der Waals surface area contributed by atoms with E-state index in [0.717, 1.165) is 29.1 Å². The summed E-state index contributed by atoms with van der Waals surface area (Å²) in [6.07, 6.45) is 1.51. The monoisotopic (exact) mass is 138 g/mol. The molecule has 0 radical (unpaired) electrons. The minimum atomic E-state index is 0.763. The van der Waals surface area contributed by atoms with Crippen LogP contribution < -0.4 is 0 Å². The summed E-state index contributed by atoms with van der Waals surface area (Å²) in [5, 5.41) is 0. The molecule has 0 saturated heterocycles. The maximum absolute atomic E-state index is 2.47. The second-order valence-corrected chi connectivity index (χ2v) is 4.82. The minimum absolute atomic E-state index is 0.763. The largest absolute Gasteiger partial charge is 0.0620 e. The molecule has 5 atom stereocenters. The number of rotatable bonds is 0. The lowest BCUT2D eigenvalue weighted by atomic mass is 9.84. The smallest absolute Gasteiger partial charge is 0.0263 e. The minimum Gasteiger partial charge on any atom is -0.0620 e. The van der Waals surface area contributed by atoms with Gasteiger partial charge < -0.3 is 0 Å². The fourth-order valence-corrected chi connectivity index (χ4v) is 3.15. The molecular formula is C10H18. The number of hydrogen-bond acceptors (Lipinski definition) is 0. The predicted octanol–water partition coefficient (Wildman–Crippen LogP) is 2.93. The van der Waals surface area contributed by atoms with Crippen molar-refractivity contribution < 1.29 is 0 Å². The highest BCUT2D eigenvalue weighted by Gasteiger charge is 2.63. The van der Waals surface area contributed by atoms with Crippen LogP contribution >= 0.6 is 0 Å². The van der Waals surface area contributed by atoms with Gasteiger partial charge in [0.25, 0.3) is 0 Å². The molecule has 0 nitrogen and oxygen atoms in total. The van der Waals surface area contributed by atoms with Gasteiger partial charge in [0.1, 0.15) is 0 Å². The van der Waals surface area contributed by atoms with Gasteiger partial charge in [-0.2, -0.15) is 0 Å². The lowest BCUT2D eigenvalue weighted by Gasteiger charge is -2.21. The third-order valence-electron chi connectivity index (χ3n) is 4.64. The summed E-state index contributed by atoms with van der Waals surface area (Å²) in [4.78, 5) is 0. The lowest BCUT2D eigenvalue weighted by molar-refractivity contribution is 0.280. The SMILES string of the molecule is CC1[C@@H](C)C(C)C2(C)C[C@@H]12. The predicted molar refractivity (Wildman–Crippen MR) is 43.7 cm³/mol. The van der Waals surface area contributed by atoms with E-state index in [1.165, 1.54) is 6.42 Å². The first-order valence-electron chi connectivity index (χ1n) is 4.57. The van der Waals surface area contributed by atoms with Gasteiger partial charge in [0, 0.05) is 0 Å². The molecule has 0 aromatic heterocycles.